The Morgan fingerprint density at radius 1 is 1.27 bits per heavy atom. The Kier molecular flexibility index (Phi) is 2.30. The Hall–Kier alpha value is -2.41. The Balaban J connectivity index is 2.52. The van der Waals surface area contributed by atoms with E-state index in [9.17, 15) is 5.11 Å². The molecule has 0 aliphatic carbocycles. The molecule has 0 atom stereocenters. The summed E-state index contributed by atoms with van der Waals surface area (Å²) in [6.45, 7) is 0. The molecule has 0 fully saturated rings. The van der Waals surface area contributed by atoms with Crippen LogP contribution in [-0.4, -0.2) is 15.1 Å². The smallest absolute Gasteiger partial charge is 0.133 e. The molecular formula is C11H7N3O. The van der Waals surface area contributed by atoms with Gasteiger partial charge in [0.2, 0.25) is 0 Å². The van der Waals surface area contributed by atoms with Gasteiger partial charge in [0.05, 0.1) is 17.5 Å². The van der Waals surface area contributed by atoms with Crippen molar-refractivity contribution in [1.82, 2.24) is 9.97 Å². The molecule has 0 amide bonds. The predicted octanol–water partition coefficient (Wildman–Crippen LogP) is 1.72. The van der Waals surface area contributed by atoms with Gasteiger partial charge in [-0.2, -0.15) is 5.26 Å². The highest BCUT2D eigenvalue weighted by Crippen LogP contribution is 2.23. The van der Waals surface area contributed by atoms with Gasteiger partial charge in [-0.25, -0.2) is 0 Å². The minimum atomic E-state index is -0.0230. The van der Waals surface area contributed by atoms with Crippen molar-refractivity contribution >= 4 is 0 Å². The second-order valence-electron chi connectivity index (χ2n) is 2.93. The van der Waals surface area contributed by atoms with Crippen molar-refractivity contribution in [3.8, 4) is 23.1 Å². The highest BCUT2D eigenvalue weighted by molar-refractivity contribution is 5.63. The molecule has 0 aliphatic heterocycles. The third-order valence-electron chi connectivity index (χ3n) is 1.98. The molecule has 0 aliphatic rings. The second kappa shape index (κ2) is 3.76. The summed E-state index contributed by atoms with van der Waals surface area (Å²) in [6.07, 6.45) is 4.76. The van der Waals surface area contributed by atoms with E-state index in [1.807, 2.05) is 6.07 Å². The van der Waals surface area contributed by atoms with Gasteiger partial charge in [0, 0.05) is 18.0 Å². The maximum atomic E-state index is 9.32. The first kappa shape index (κ1) is 9.16. The third kappa shape index (κ3) is 1.76. The van der Waals surface area contributed by atoms with Crippen LogP contribution in [0.3, 0.4) is 0 Å². The van der Waals surface area contributed by atoms with E-state index in [2.05, 4.69) is 9.97 Å². The molecule has 15 heavy (non-hydrogen) atoms. The van der Waals surface area contributed by atoms with Gasteiger partial charge in [0.15, 0.2) is 0 Å². The fraction of sp³-hybridized carbons (Fsp3) is 0. The molecule has 0 bridgehead atoms. The van der Waals surface area contributed by atoms with Crippen LogP contribution in [0.25, 0.3) is 11.3 Å². The summed E-state index contributed by atoms with van der Waals surface area (Å²) in [6, 6.07) is 6.66. The first-order valence-corrected chi connectivity index (χ1v) is 4.31. The summed E-state index contributed by atoms with van der Waals surface area (Å²) >= 11 is 0. The van der Waals surface area contributed by atoms with Gasteiger partial charge >= 0.3 is 0 Å². The second-order valence-corrected chi connectivity index (χ2v) is 2.93. The van der Waals surface area contributed by atoms with Crippen LogP contribution in [0.5, 0.6) is 5.75 Å². The Morgan fingerprint density at radius 3 is 2.80 bits per heavy atom. The summed E-state index contributed by atoms with van der Waals surface area (Å²) < 4.78 is 0. The van der Waals surface area contributed by atoms with Gasteiger partial charge in [-0.15, -0.1) is 0 Å². The molecule has 0 saturated heterocycles. The number of rotatable bonds is 1. The highest BCUT2D eigenvalue weighted by Gasteiger charge is 2.04. The van der Waals surface area contributed by atoms with Gasteiger partial charge in [0.1, 0.15) is 11.8 Å². The Labute approximate surface area is 86.5 Å². The summed E-state index contributed by atoms with van der Waals surface area (Å²) in [5, 5.41) is 18.1. The summed E-state index contributed by atoms with van der Waals surface area (Å²) in [5.41, 5.74) is 1.67. The molecular weight excluding hydrogens is 190 g/mol. The van der Waals surface area contributed by atoms with E-state index in [-0.39, 0.29) is 11.3 Å². The van der Waals surface area contributed by atoms with E-state index in [0.717, 1.165) is 5.56 Å². The largest absolute Gasteiger partial charge is 0.507 e. The zero-order valence-electron chi connectivity index (χ0n) is 7.75. The van der Waals surface area contributed by atoms with E-state index in [1.54, 1.807) is 30.7 Å². The zero-order chi connectivity index (χ0) is 10.7. The van der Waals surface area contributed by atoms with Gasteiger partial charge in [-0.05, 0) is 18.2 Å². The highest BCUT2D eigenvalue weighted by atomic mass is 16.3. The minimum absolute atomic E-state index is 0.0230. The number of benzene rings is 1. The number of nitrogens with zero attached hydrogens (tertiary/aromatic N) is 3. The quantitative estimate of drug-likeness (QED) is 0.755. The molecule has 1 aromatic carbocycles. The summed E-state index contributed by atoms with van der Waals surface area (Å²) in [5.74, 6) is -0.0230. The van der Waals surface area contributed by atoms with E-state index in [1.165, 1.54) is 6.07 Å². The lowest BCUT2D eigenvalue weighted by atomic mass is 10.1. The van der Waals surface area contributed by atoms with Crippen molar-refractivity contribution in [2.45, 2.75) is 0 Å². The average Bonchev–Trinajstić information content (AvgIpc) is 2.31. The van der Waals surface area contributed by atoms with Crippen LogP contribution >= 0.6 is 0 Å². The van der Waals surface area contributed by atoms with Crippen LogP contribution in [0.15, 0.2) is 36.8 Å². The van der Waals surface area contributed by atoms with Crippen LogP contribution < -0.4 is 0 Å². The summed E-state index contributed by atoms with van der Waals surface area (Å²) in [7, 11) is 0. The maximum Gasteiger partial charge on any atom is 0.133 e. The van der Waals surface area contributed by atoms with Crippen molar-refractivity contribution in [3.05, 3.63) is 42.4 Å². The molecule has 0 unspecified atom stereocenters. The molecule has 1 aromatic heterocycles. The first-order valence-electron chi connectivity index (χ1n) is 4.31. The average molecular weight is 197 g/mol. The van der Waals surface area contributed by atoms with Crippen LogP contribution in [-0.2, 0) is 0 Å². The maximum absolute atomic E-state index is 9.32. The number of hydrogen-bond acceptors (Lipinski definition) is 4. The van der Waals surface area contributed by atoms with Crippen molar-refractivity contribution in [2.75, 3.05) is 0 Å². The SMILES string of the molecule is N#Cc1cc(-c2cnccn2)ccc1O. The number of phenolic OH excluding ortho intramolecular Hbond substituents is 1. The van der Waals surface area contributed by atoms with Gasteiger partial charge in [0.25, 0.3) is 0 Å². The zero-order valence-corrected chi connectivity index (χ0v) is 7.75. The van der Waals surface area contributed by atoms with Crippen LogP contribution in [0, 0.1) is 11.3 Å². The van der Waals surface area contributed by atoms with Crippen LogP contribution in [0.4, 0.5) is 0 Å². The van der Waals surface area contributed by atoms with Crippen molar-refractivity contribution in [3.63, 3.8) is 0 Å². The van der Waals surface area contributed by atoms with Crippen molar-refractivity contribution in [1.29, 1.82) is 5.26 Å². The van der Waals surface area contributed by atoms with Crippen LogP contribution in [0.2, 0.25) is 0 Å². The van der Waals surface area contributed by atoms with E-state index < -0.39 is 0 Å². The number of hydrogen-bond donors (Lipinski definition) is 1. The van der Waals surface area contributed by atoms with Crippen LogP contribution in [0.1, 0.15) is 5.56 Å². The fourth-order valence-corrected chi connectivity index (χ4v) is 1.23. The topological polar surface area (TPSA) is 69.8 Å². The minimum Gasteiger partial charge on any atom is -0.507 e. The number of aromatic nitrogens is 2. The molecule has 1 heterocycles. The molecule has 0 radical (unpaired) electrons. The number of aromatic hydroxyl groups is 1. The van der Waals surface area contributed by atoms with Crippen molar-refractivity contribution in [2.24, 2.45) is 0 Å². The monoisotopic (exact) mass is 197 g/mol. The lowest BCUT2D eigenvalue weighted by molar-refractivity contribution is 0.473. The molecule has 4 nitrogen and oxygen atoms in total. The number of phenols is 1. The normalized spacial score (nSPS) is 9.53. The van der Waals surface area contributed by atoms with Gasteiger partial charge < -0.3 is 5.11 Å². The molecule has 2 aromatic rings. The number of nitriles is 1. The molecule has 0 saturated carbocycles. The lowest BCUT2D eigenvalue weighted by Gasteiger charge is -2.01. The standard InChI is InChI=1S/C11H7N3O/c12-6-9-5-8(1-2-11(9)15)10-7-13-3-4-14-10/h1-5,7,15H. The van der Waals surface area contributed by atoms with E-state index in [0.29, 0.717) is 5.69 Å². The molecule has 0 spiro atoms. The van der Waals surface area contributed by atoms with Gasteiger partial charge in [-0.3, -0.25) is 9.97 Å². The molecule has 1 N–H and O–H groups in total. The molecule has 72 valence electrons. The fourth-order valence-electron chi connectivity index (χ4n) is 1.23. The van der Waals surface area contributed by atoms with E-state index >= 15 is 0 Å². The van der Waals surface area contributed by atoms with Gasteiger partial charge in [-0.1, -0.05) is 0 Å². The Bertz CT molecular complexity index is 517. The van der Waals surface area contributed by atoms with Crippen molar-refractivity contribution < 1.29 is 5.11 Å². The van der Waals surface area contributed by atoms with E-state index in [4.69, 9.17) is 5.26 Å². The molecule has 4 heteroatoms. The first-order chi connectivity index (χ1) is 7.31. The summed E-state index contributed by atoms with van der Waals surface area (Å²) in [4.78, 5) is 8.03. The third-order valence-corrected chi connectivity index (χ3v) is 1.98. The molecule has 2 rings (SSSR count). The Morgan fingerprint density at radius 2 is 2.13 bits per heavy atom. The predicted molar refractivity (Wildman–Crippen MR) is 53.8 cm³/mol. The lowest BCUT2D eigenvalue weighted by Crippen LogP contribution is -1.85.